The Labute approximate surface area is 115 Å². The molecule has 1 aliphatic rings. The minimum Gasteiger partial charge on any atom is -0.459 e. The number of rotatable bonds is 3. The van der Waals surface area contributed by atoms with Gasteiger partial charge in [0.15, 0.2) is 0 Å². The highest BCUT2D eigenvalue weighted by Crippen LogP contribution is 2.32. The normalized spacial score (nSPS) is 17.4. The first-order chi connectivity index (χ1) is 9.34. The molecule has 1 aromatic carbocycles. The van der Waals surface area contributed by atoms with Gasteiger partial charge in [0, 0.05) is 5.56 Å². The van der Waals surface area contributed by atoms with Crippen molar-refractivity contribution in [3.8, 4) is 0 Å². The Morgan fingerprint density at radius 2 is 2.16 bits per heavy atom. The van der Waals surface area contributed by atoms with Gasteiger partial charge in [0.05, 0.1) is 11.7 Å². The lowest BCUT2D eigenvalue weighted by Crippen LogP contribution is -2.37. The number of carbonyl (C=O) groups excluding carboxylic acids is 1. The van der Waals surface area contributed by atoms with Crippen LogP contribution in [-0.2, 0) is 16.1 Å². The zero-order valence-electron chi connectivity index (χ0n) is 10.3. The molecule has 5 heteroatoms. The fourth-order valence-electron chi connectivity index (χ4n) is 2.06. The molecule has 1 atom stereocenters. The molecular weight excluding hydrogens is 260 g/mol. The summed E-state index contributed by atoms with van der Waals surface area (Å²) in [6.45, 7) is 0.892. The van der Waals surface area contributed by atoms with Crippen molar-refractivity contribution in [1.82, 2.24) is 5.32 Å². The molecule has 0 bridgehead atoms. The van der Waals surface area contributed by atoms with Gasteiger partial charge in [-0.3, -0.25) is 5.32 Å². The summed E-state index contributed by atoms with van der Waals surface area (Å²) in [4.78, 5) is 12.1. The van der Waals surface area contributed by atoms with Crippen molar-refractivity contribution < 1.29 is 9.53 Å². The third-order valence-corrected chi connectivity index (χ3v) is 3.91. The van der Waals surface area contributed by atoms with Crippen molar-refractivity contribution in [3.63, 3.8) is 0 Å². The molecule has 0 radical (unpaired) electrons. The smallest absolute Gasteiger partial charge is 0.328 e. The number of carbonyl (C=O) groups is 1. The van der Waals surface area contributed by atoms with Gasteiger partial charge in [0.1, 0.15) is 12.6 Å². The number of esters is 1. The first-order valence-electron chi connectivity index (χ1n) is 6.10. The highest BCUT2D eigenvalue weighted by Gasteiger charge is 2.28. The molecule has 19 heavy (non-hydrogen) atoms. The van der Waals surface area contributed by atoms with Crippen LogP contribution in [0.3, 0.4) is 0 Å². The highest BCUT2D eigenvalue weighted by molar-refractivity contribution is 7.14. The molecule has 0 amide bonds. The Hall–Kier alpha value is -1.85. The molecule has 0 saturated carbocycles. The summed E-state index contributed by atoms with van der Waals surface area (Å²) in [6, 6.07) is 11.3. The van der Waals surface area contributed by atoms with Crippen LogP contribution in [0, 0.1) is 0 Å². The summed E-state index contributed by atoms with van der Waals surface area (Å²) in [5.74, 6) is -0.231. The average Bonchev–Trinajstić information content (AvgIpc) is 2.94. The van der Waals surface area contributed by atoms with E-state index in [9.17, 15) is 4.79 Å². The first-order valence-corrected chi connectivity index (χ1v) is 6.98. The van der Waals surface area contributed by atoms with E-state index in [4.69, 9.17) is 4.74 Å². The predicted molar refractivity (Wildman–Crippen MR) is 74.9 cm³/mol. The van der Waals surface area contributed by atoms with E-state index in [0.717, 1.165) is 16.1 Å². The fourth-order valence-corrected chi connectivity index (χ4v) is 2.88. The van der Waals surface area contributed by atoms with Gasteiger partial charge >= 0.3 is 5.97 Å². The van der Waals surface area contributed by atoms with Gasteiger partial charge in [-0.2, -0.15) is 0 Å². The van der Waals surface area contributed by atoms with Crippen molar-refractivity contribution >= 4 is 22.3 Å². The summed E-state index contributed by atoms with van der Waals surface area (Å²) >= 11 is 1.60. The van der Waals surface area contributed by atoms with Crippen molar-refractivity contribution in [2.24, 2.45) is 0 Å². The van der Waals surface area contributed by atoms with Gasteiger partial charge in [-0.25, -0.2) is 4.79 Å². The lowest BCUT2D eigenvalue weighted by Gasteiger charge is -2.23. The van der Waals surface area contributed by atoms with Crippen molar-refractivity contribution in [2.45, 2.75) is 12.6 Å². The zero-order chi connectivity index (χ0) is 13.1. The van der Waals surface area contributed by atoms with Crippen LogP contribution in [-0.4, -0.2) is 12.6 Å². The number of hydrogen-bond donors (Lipinski definition) is 2. The lowest BCUT2D eigenvalue weighted by molar-refractivity contribution is -0.147. The largest absolute Gasteiger partial charge is 0.459 e. The molecule has 3 rings (SSSR count). The Kier molecular flexibility index (Phi) is 3.48. The number of benzene rings is 1. The van der Waals surface area contributed by atoms with E-state index >= 15 is 0 Å². The van der Waals surface area contributed by atoms with Crippen LogP contribution in [0.5, 0.6) is 0 Å². The second-order valence-corrected chi connectivity index (χ2v) is 5.21. The van der Waals surface area contributed by atoms with Crippen LogP contribution in [0.25, 0.3) is 0 Å². The van der Waals surface area contributed by atoms with Gasteiger partial charge in [0.2, 0.25) is 0 Å². The quantitative estimate of drug-likeness (QED) is 0.844. The minimum absolute atomic E-state index is 0.231. The number of thiophene rings is 1. The predicted octanol–water partition coefficient (Wildman–Crippen LogP) is 2.51. The molecule has 0 fully saturated rings. The number of nitrogens with one attached hydrogen (secondary N) is 2. The van der Waals surface area contributed by atoms with Gasteiger partial charge in [-0.1, -0.05) is 30.3 Å². The van der Waals surface area contributed by atoms with Crippen LogP contribution in [0.15, 0.2) is 41.8 Å². The van der Waals surface area contributed by atoms with E-state index in [1.54, 1.807) is 11.3 Å². The van der Waals surface area contributed by atoms with E-state index < -0.39 is 0 Å². The van der Waals surface area contributed by atoms with E-state index in [1.807, 2.05) is 41.8 Å². The summed E-state index contributed by atoms with van der Waals surface area (Å²) in [5.41, 5.74) is 1.96. The van der Waals surface area contributed by atoms with E-state index in [0.29, 0.717) is 13.3 Å². The molecule has 1 unspecified atom stereocenters. The Morgan fingerprint density at radius 1 is 1.32 bits per heavy atom. The fraction of sp³-hybridized carbons (Fsp3) is 0.214. The number of fused-ring (bicyclic) bond motifs is 1. The van der Waals surface area contributed by atoms with Gasteiger partial charge in [0.25, 0.3) is 0 Å². The van der Waals surface area contributed by atoms with Crippen LogP contribution >= 0.6 is 11.3 Å². The van der Waals surface area contributed by atoms with Gasteiger partial charge in [-0.05, 0) is 17.0 Å². The van der Waals surface area contributed by atoms with Crippen LogP contribution < -0.4 is 10.6 Å². The van der Waals surface area contributed by atoms with Crippen molar-refractivity contribution in [2.75, 3.05) is 12.0 Å². The summed E-state index contributed by atoms with van der Waals surface area (Å²) < 4.78 is 5.37. The second-order valence-electron chi connectivity index (χ2n) is 4.29. The molecule has 1 aliphatic heterocycles. The number of hydrogen-bond acceptors (Lipinski definition) is 5. The summed E-state index contributed by atoms with van der Waals surface area (Å²) in [7, 11) is 0. The molecule has 0 spiro atoms. The van der Waals surface area contributed by atoms with Crippen molar-refractivity contribution in [1.29, 1.82) is 0 Å². The average molecular weight is 274 g/mol. The van der Waals surface area contributed by atoms with Gasteiger partial charge in [-0.15, -0.1) is 11.3 Å². The Morgan fingerprint density at radius 3 is 3.00 bits per heavy atom. The molecule has 0 saturated heterocycles. The maximum atomic E-state index is 12.1. The van der Waals surface area contributed by atoms with Gasteiger partial charge < -0.3 is 10.1 Å². The zero-order valence-corrected chi connectivity index (χ0v) is 11.1. The number of ether oxygens (including phenoxy) is 1. The molecule has 2 N–H and O–H groups in total. The van der Waals surface area contributed by atoms with E-state index in [2.05, 4.69) is 10.6 Å². The monoisotopic (exact) mass is 274 g/mol. The van der Waals surface area contributed by atoms with Crippen molar-refractivity contribution in [3.05, 3.63) is 52.9 Å². The molecule has 2 heterocycles. The topological polar surface area (TPSA) is 50.4 Å². The van der Waals surface area contributed by atoms with Crippen LogP contribution in [0.1, 0.15) is 17.2 Å². The Bertz CT molecular complexity index is 568. The van der Waals surface area contributed by atoms with Crippen LogP contribution in [0.4, 0.5) is 5.00 Å². The lowest BCUT2D eigenvalue weighted by atomic mass is 10.1. The third-order valence-electron chi connectivity index (χ3n) is 3.02. The minimum atomic E-state index is -0.369. The second kappa shape index (κ2) is 5.42. The first kappa shape index (κ1) is 12.2. The molecule has 0 aliphatic carbocycles. The number of anilines is 1. The molecular formula is C14H14N2O2S. The highest BCUT2D eigenvalue weighted by atomic mass is 32.1. The molecule has 2 aromatic rings. The molecule has 98 valence electrons. The summed E-state index contributed by atoms with van der Waals surface area (Å²) in [6.07, 6.45) is 0. The maximum Gasteiger partial charge on any atom is 0.328 e. The van der Waals surface area contributed by atoms with Crippen LogP contribution in [0.2, 0.25) is 0 Å². The third kappa shape index (κ3) is 2.62. The van der Waals surface area contributed by atoms with E-state index in [1.165, 1.54) is 0 Å². The summed E-state index contributed by atoms with van der Waals surface area (Å²) in [5, 5.41) is 9.34. The standard InChI is InChI=1S/C14H14N2O2S/c17-14(18-8-10-4-2-1-3-5-10)12-11-6-7-19-13(11)16-9-15-12/h1-7,12,15-16H,8-9H2. The SMILES string of the molecule is O=C(OCc1ccccc1)C1NCNc2sccc21. The molecule has 4 nitrogen and oxygen atoms in total. The maximum absolute atomic E-state index is 12.1. The Balaban J connectivity index is 1.66. The molecule has 1 aromatic heterocycles. The van der Waals surface area contributed by atoms with E-state index in [-0.39, 0.29) is 12.0 Å².